The van der Waals surface area contributed by atoms with E-state index in [1.165, 1.54) is 0 Å². The summed E-state index contributed by atoms with van der Waals surface area (Å²) in [5.74, 6) is 0. The fourth-order valence-corrected chi connectivity index (χ4v) is 2.92. The summed E-state index contributed by atoms with van der Waals surface area (Å²) < 4.78 is 0. The maximum Gasteiger partial charge on any atom is 0.321 e. The zero-order valence-electron chi connectivity index (χ0n) is 12.0. The molecule has 1 saturated heterocycles. The van der Waals surface area contributed by atoms with Crippen molar-refractivity contribution in [2.75, 3.05) is 0 Å². The molecule has 0 unspecified atom stereocenters. The highest BCUT2D eigenvalue weighted by atomic mass is 16.2. The van der Waals surface area contributed by atoms with Crippen LogP contribution in [0, 0.1) is 0 Å². The Morgan fingerprint density at radius 1 is 0.812 bits per heavy atom. The van der Waals surface area contributed by atoms with E-state index < -0.39 is 0 Å². The fourth-order valence-electron chi connectivity index (χ4n) is 2.92. The minimum absolute atomic E-state index is 0.136. The van der Waals surface area contributed by atoms with Gasteiger partial charge in [-0.3, -0.25) is 0 Å². The Hall–Kier alpha value is -0.730. The summed E-state index contributed by atoms with van der Waals surface area (Å²) in [6.45, 7) is 17.0. The monoisotopic (exact) mass is 226 g/mol. The van der Waals surface area contributed by atoms with Crippen LogP contribution >= 0.6 is 0 Å². The van der Waals surface area contributed by atoms with Crippen LogP contribution < -0.4 is 0 Å². The number of carbonyl (C=O) groups excluding carboxylic acids is 1. The first-order chi connectivity index (χ1) is 7.05. The lowest BCUT2D eigenvalue weighted by atomic mass is 9.81. The predicted molar refractivity (Wildman–Crippen MR) is 67.5 cm³/mol. The molecule has 1 aliphatic rings. The van der Waals surface area contributed by atoms with Gasteiger partial charge in [-0.1, -0.05) is 0 Å². The lowest BCUT2D eigenvalue weighted by molar-refractivity contribution is 0.0813. The van der Waals surface area contributed by atoms with Crippen LogP contribution in [0.25, 0.3) is 0 Å². The van der Waals surface area contributed by atoms with Crippen LogP contribution in [0.15, 0.2) is 0 Å². The van der Waals surface area contributed by atoms with Gasteiger partial charge in [-0.2, -0.15) is 0 Å². The van der Waals surface area contributed by atoms with Crippen LogP contribution in [0.3, 0.4) is 0 Å². The van der Waals surface area contributed by atoms with E-state index in [0.717, 1.165) is 0 Å². The van der Waals surface area contributed by atoms with E-state index in [1.54, 1.807) is 0 Å². The highest BCUT2D eigenvalue weighted by Gasteiger charge is 2.58. The smallest absolute Gasteiger partial charge is 0.315 e. The Bertz CT molecular complexity index is 264. The molecule has 0 aromatic carbocycles. The van der Waals surface area contributed by atoms with Gasteiger partial charge in [0.2, 0.25) is 0 Å². The normalized spacial score (nSPS) is 23.8. The highest BCUT2D eigenvalue weighted by Crippen LogP contribution is 2.43. The summed E-state index contributed by atoms with van der Waals surface area (Å²) in [6.07, 6.45) is 0. The summed E-state index contributed by atoms with van der Waals surface area (Å²) in [5, 5.41) is 0. The van der Waals surface area contributed by atoms with Gasteiger partial charge >= 0.3 is 6.03 Å². The molecule has 0 spiro atoms. The van der Waals surface area contributed by atoms with E-state index in [4.69, 9.17) is 0 Å². The molecule has 3 nitrogen and oxygen atoms in total. The Morgan fingerprint density at radius 3 is 1.19 bits per heavy atom. The largest absolute Gasteiger partial charge is 0.321 e. The lowest BCUT2D eigenvalue weighted by Crippen LogP contribution is -2.56. The number of carbonyl (C=O) groups is 1. The van der Waals surface area contributed by atoms with Gasteiger partial charge in [0.25, 0.3) is 0 Å². The summed E-state index contributed by atoms with van der Waals surface area (Å²) in [4.78, 5) is 16.5. The van der Waals surface area contributed by atoms with Crippen molar-refractivity contribution in [1.29, 1.82) is 0 Å². The summed E-state index contributed by atoms with van der Waals surface area (Å²) in [6, 6.07) is 0.649. The Labute approximate surface area is 99.8 Å². The number of nitrogens with zero attached hydrogens (tertiary/aromatic N) is 2. The van der Waals surface area contributed by atoms with Gasteiger partial charge in [0.15, 0.2) is 0 Å². The molecule has 1 aliphatic heterocycles. The van der Waals surface area contributed by atoms with Crippen molar-refractivity contribution in [3.8, 4) is 0 Å². The summed E-state index contributed by atoms with van der Waals surface area (Å²) in [7, 11) is 0. The Morgan fingerprint density at radius 2 is 1.06 bits per heavy atom. The Kier molecular flexibility index (Phi) is 3.03. The third-order valence-electron chi connectivity index (χ3n) is 4.15. The molecule has 1 fully saturated rings. The van der Waals surface area contributed by atoms with Crippen LogP contribution in [0.4, 0.5) is 4.79 Å². The van der Waals surface area contributed by atoms with Crippen molar-refractivity contribution < 1.29 is 4.79 Å². The third kappa shape index (κ3) is 1.52. The second-order valence-electron chi connectivity index (χ2n) is 6.33. The topological polar surface area (TPSA) is 23.6 Å². The predicted octanol–water partition coefficient (Wildman–Crippen LogP) is 3.10. The minimum Gasteiger partial charge on any atom is -0.315 e. The maximum atomic E-state index is 12.5. The molecule has 0 N–H and O–H groups in total. The molecule has 0 atom stereocenters. The third-order valence-corrected chi connectivity index (χ3v) is 4.15. The second-order valence-corrected chi connectivity index (χ2v) is 6.33. The molecule has 2 amide bonds. The maximum absolute atomic E-state index is 12.5. The molecule has 0 bridgehead atoms. The van der Waals surface area contributed by atoms with Crippen LogP contribution in [0.5, 0.6) is 0 Å². The average molecular weight is 226 g/mol. The molecule has 0 aliphatic carbocycles. The van der Waals surface area contributed by atoms with E-state index in [2.05, 4.69) is 55.4 Å². The molecule has 0 aromatic heterocycles. The van der Waals surface area contributed by atoms with Gasteiger partial charge in [-0.05, 0) is 55.4 Å². The van der Waals surface area contributed by atoms with Crippen LogP contribution in [0.2, 0.25) is 0 Å². The SMILES string of the molecule is CC(C)N1C(=O)N(C(C)C)C(C)(C)C1(C)C. The van der Waals surface area contributed by atoms with Crippen LogP contribution in [-0.4, -0.2) is 39.0 Å². The first-order valence-corrected chi connectivity index (χ1v) is 6.17. The van der Waals surface area contributed by atoms with E-state index in [1.807, 2.05) is 9.80 Å². The average Bonchev–Trinajstić information content (AvgIpc) is 2.12. The molecular formula is C13H26N2O. The van der Waals surface area contributed by atoms with E-state index in [0.29, 0.717) is 0 Å². The van der Waals surface area contributed by atoms with Gasteiger partial charge in [-0.25, -0.2) is 4.79 Å². The highest BCUT2D eigenvalue weighted by molar-refractivity contribution is 5.80. The molecule has 0 aromatic rings. The zero-order valence-corrected chi connectivity index (χ0v) is 12.0. The van der Waals surface area contributed by atoms with Gasteiger partial charge in [0, 0.05) is 12.1 Å². The molecule has 3 heteroatoms. The first kappa shape index (κ1) is 13.3. The van der Waals surface area contributed by atoms with Crippen LogP contribution in [0.1, 0.15) is 55.4 Å². The van der Waals surface area contributed by atoms with Crippen LogP contribution in [-0.2, 0) is 0 Å². The molecular weight excluding hydrogens is 200 g/mol. The van der Waals surface area contributed by atoms with E-state index in [-0.39, 0.29) is 29.2 Å². The number of urea groups is 1. The Balaban J connectivity index is 3.26. The standard InChI is InChI=1S/C13H26N2O/c1-9(2)14-11(16)15(10(3)4)13(7,8)12(14,5)6/h9-10H,1-8H3. The minimum atomic E-state index is -0.136. The molecule has 94 valence electrons. The van der Waals surface area contributed by atoms with Crippen molar-refractivity contribution in [3.05, 3.63) is 0 Å². The van der Waals surface area contributed by atoms with Gasteiger partial charge in [-0.15, -0.1) is 0 Å². The van der Waals surface area contributed by atoms with Crippen molar-refractivity contribution >= 4 is 6.03 Å². The first-order valence-electron chi connectivity index (χ1n) is 6.17. The number of hydrogen-bond acceptors (Lipinski definition) is 1. The van der Waals surface area contributed by atoms with Gasteiger partial charge in [0.05, 0.1) is 11.1 Å². The van der Waals surface area contributed by atoms with E-state index in [9.17, 15) is 4.79 Å². The summed E-state index contributed by atoms with van der Waals surface area (Å²) >= 11 is 0. The molecule has 16 heavy (non-hydrogen) atoms. The zero-order chi connectivity index (χ0) is 12.9. The van der Waals surface area contributed by atoms with Gasteiger partial charge in [0.1, 0.15) is 0 Å². The fraction of sp³-hybridized carbons (Fsp3) is 0.923. The number of hydrogen-bond donors (Lipinski definition) is 0. The van der Waals surface area contributed by atoms with Crippen molar-refractivity contribution in [2.45, 2.75) is 78.6 Å². The molecule has 0 radical (unpaired) electrons. The molecule has 1 heterocycles. The molecule has 1 rings (SSSR count). The van der Waals surface area contributed by atoms with Gasteiger partial charge < -0.3 is 9.80 Å². The van der Waals surface area contributed by atoms with Crippen molar-refractivity contribution in [2.24, 2.45) is 0 Å². The quantitative estimate of drug-likeness (QED) is 0.709. The lowest BCUT2D eigenvalue weighted by Gasteiger charge is -2.43. The second kappa shape index (κ2) is 3.64. The molecule has 0 saturated carbocycles. The van der Waals surface area contributed by atoms with E-state index >= 15 is 0 Å². The summed E-state index contributed by atoms with van der Waals surface area (Å²) in [5.41, 5.74) is -0.273. The number of rotatable bonds is 2. The van der Waals surface area contributed by atoms with Crippen molar-refractivity contribution in [1.82, 2.24) is 9.80 Å². The van der Waals surface area contributed by atoms with Crippen molar-refractivity contribution in [3.63, 3.8) is 0 Å². The number of amides is 2.